The number of amides is 1. The molecule has 0 aliphatic heterocycles. The third-order valence-electron chi connectivity index (χ3n) is 6.71. The number of benzene rings is 1. The first-order chi connectivity index (χ1) is 14.5. The molecule has 0 unspecified atom stereocenters. The van der Waals surface area contributed by atoms with Crippen molar-refractivity contribution in [1.82, 2.24) is 10.2 Å². The summed E-state index contributed by atoms with van der Waals surface area (Å²) in [6.45, 7) is 3.29. The number of alkyl halides is 2. The van der Waals surface area contributed by atoms with Crippen LogP contribution in [-0.2, 0) is 11.2 Å². The van der Waals surface area contributed by atoms with Gasteiger partial charge in [-0.15, -0.1) is 0 Å². The van der Waals surface area contributed by atoms with Gasteiger partial charge in [-0.1, -0.05) is 6.07 Å². The largest absolute Gasteiger partial charge is 0.508 e. The molecule has 2 atom stereocenters. The van der Waals surface area contributed by atoms with Crippen LogP contribution < -0.4 is 5.32 Å². The highest BCUT2D eigenvalue weighted by molar-refractivity contribution is 5.77. The van der Waals surface area contributed by atoms with E-state index in [9.17, 15) is 18.7 Å². The number of likely N-dealkylation sites (N-methyl/N-ethyl adjacent to an activating group) is 1. The minimum Gasteiger partial charge on any atom is -0.508 e. The van der Waals surface area contributed by atoms with Gasteiger partial charge in [-0.2, -0.15) is 0 Å². The second-order valence-electron chi connectivity index (χ2n) is 9.09. The Bertz CT molecular complexity index is 887. The summed E-state index contributed by atoms with van der Waals surface area (Å²) in [6.07, 6.45) is 4.44. The monoisotopic (exact) mass is 434 g/mol. The fourth-order valence-electron chi connectivity index (χ4n) is 4.42. The van der Waals surface area contributed by atoms with E-state index in [1.54, 1.807) is 18.2 Å². The third-order valence-corrected chi connectivity index (χ3v) is 6.71. The predicted molar refractivity (Wildman–Crippen MR) is 115 cm³/mol. The molecule has 5 nitrogen and oxygen atoms in total. The minimum atomic E-state index is -2.86. The smallest absolute Gasteiger partial charge is 0.251 e. The Hall–Kier alpha value is -2.41. The maximum atomic E-state index is 14.4. The Labute approximate surface area is 182 Å². The molecule has 0 radical (unpaired) electrons. The van der Waals surface area contributed by atoms with E-state index in [1.807, 2.05) is 32.0 Å². The number of halogens is 2. The number of nitrogens with zero attached hydrogens (tertiary/aromatic N) is 1. The van der Waals surface area contributed by atoms with E-state index in [-0.39, 0.29) is 24.1 Å². The second kappa shape index (κ2) is 8.99. The fourth-order valence-corrected chi connectivity index (χ4v) is 4.42. The highest BCUT2D eigenvalue weighted by Crippen LogP contribution is 2.65. The van der Waals surface area contributed by atoms with Gasteiger partial charge < -0.3 is 19.7 Å². The number of hydrogen-bond acceptors (Lipinski definition) is 4. The van der Waals surface area contributed by atoms with E-state index in [4.69, 9.17) is 4.42 Å². The SMILES string of the molecule is Cc1cc(O)ccc1C[C@@H](CNC(=O)C[C@H](c1ccoc1)C1(C(C)(F)F)CC1)N(C)C. The Kier molecular flexibility index (Phi) is 6.74. The number of phenols is 1. The Morgan fingerprint density at radius 1 is 1.32 bits per heavy atom. The molecule has 31 heavy (non-hydrogen) atoms. The molecule has 1 fully saturated rings. The summed E-state index contributed by atoms with van der Waals surface area (Å²) >= 11 is 0. The van der Waals surface area contributed by atoms with Crippen LogP contribution in [0.15, 0.2) is 41.2 Å². The maximum Gasteiger partial charge on any atom is 0.251 e. The fraction of sp³-hybridized carbons (Fsp3) is 0.542. The van der Waals surface area contributed by atoms with Gasteiger partial charge in [-0.3, -0.25) is 4.79 Å². The van der Waals surface area contributed by atoms with Crippen molar-refractivity contribution in [1.29, 1.82) is 0 Å². The van der Waals surface area contributed by atoms with Crippen molar-refractivity contribution in [3.05, 3.63) is 53.5 Å². The third kappa shape index (κ3) is 5.26. The highest BCUT2D eigenvalue weighted by Gasteiger charge is 2.63. The number of carbonyl (C=O) groups is 1. The van der Waals surface area contributed by atoms with Gasteiger partial charge in [-0.25, -0.2) is 8.78 Å². The van der Waals surface area contributed by atoms with E-state index in [0.717, 1.165) is 18.1 Å². The average molecular weight is 435 g/mol. The molecular formula is C24H32F2N2O3. The van der Waals surface area contributed by atoms with Crippen molar-refractivity contribution in [2.75, 3.05) is 20.6 Å². The molecule has 0 bridgehead atoms. The number of carbonyl (C=O) groups excluding carboxylic acids is 1. The van der Waals surface area contributed by atoms with Gasteiger partial charge in [0.05, 0.1) is 12.5 Å². The molecule has 1 aromatic heterocycles. The number of nitrogens with one attached hydrogen (secondary N) is 1. The lowest BCUT2D eigenvalue weighted by Crippen LogP contribution is -2.43. The van der Waals surface area contributed by atoms with Gasteiger partial charge in [0.1, 0.15) is 5.75 Å². The van der Waals surface area contributed by atoms with Crippen LogP contribution in [0.1, 0.15) is 48.8 Å². The van der Waals surface area contributed by atoms with Crippen molar-refractivity contribution in [2.24, 2.45) is 5.41 Å². The van der Waals surface area contributed by atoms with Crippen molar-refractivity contribution in [3.63, 3.8) is 0 Å². The molecule has 0 saturated heterocycles. The molecule has 1 amide bonds. The number of rotatable bonds is 10. The average Bonchev–Trinajstić information content (AvgIpc) is 3.32. The van der Waals surface area contributed by atoms with Crippen LogP contribution in [0.4, 0.5) is 8.78 Å². The summed E-state index contributed by atoms with van der Waals surface area (Å²) in [5, 5.41) is 12.6. The first-order valence-electron chi connectivity index (χ1n) is 10.6. The summed E-state index contributed by atoms with van der Waals surface area (Å²) in [5.74, 6) is -3.46. The van der Waals surface area contributed by atoms with E-state index >= 15 is 0 Å². The van der Waals surface area contributed by atoms with Crippen molar-refractivity contribution < 1.29 is 23.1 Å². The Balaban J connectivity index is 1.66. The number of aromatic hydroxyl groups is 1. The molecule has 2 N–H and O–H groups in total. The van der Waals surface area contributed by atoms with Crippen LogP contribution in [0.25, 0.3) is 0 Å². The van der Waals surface area contributed by atoms with Crippen molar-refractivity contribution >= 4 is 5.91 Å². The normalized spacial score (nSPS) is 17.4. The van der Waals surface area contributed by atoms with Crippen LogP contribution in [0.5, 0.6) is 5.75 Å². The topological polar surface area (TPSA) is 65.7 Å². The standard InChI is InChI=1S/C24H32F2N2O3/c1-16-11-20(29)6-5-17(16)12-19(28(3)4)14-27-22(30)13-21(18-7-10-31-15-18)24(8-9-24)23(2,25)26/h5-7,10-11,15,19,21,29H,8-9,12-14H2,1-4H3,(H,27,30)/t19-,21+/m0/s1. The van der Waals surface area contributed by atoms with E-state index in [2.05, 4.69) is 5.32 Å². The summed E-state index contributed by atoms with van der Waals surface area (Å²) in [7, 11) is 3.88. The van der Waals surface area contributed by atoms with Gasteiger partial charge in [0.15, 0.2) is 0 Å². The molecule has 3 rings (SSSR count). The number of phenolic OH excluding ortho intramolecular Hbond substituents is 1. The van der Waals surface area contributed by atoms with Crippen LogP contribution in [0.2, 0.25) is 0 Å². The van der Waals surface area contributed by atoms with Crippen molar-refractivity contribution in [2.45, 2.75) is 57.4 Å². The van der Waals surface area contributed by atoms with E-state index in [0.29, 0.717) is 31.4 Å². The number of hydrogen-bond donors (Lipinski definition) is 2. The summed E-state index contributed by atoms with van der Waals surface area (Å²) in [5.41, 5.74) is 1.54. The lowest BCUT2D eigenvalue weighted by atomic mass is 9.78. The van der Waals surface area contributed by atoms with Crippen LogP contribution in [-0.4, -0.2) is 48.5 Å². The summed E-state index contributed by atoms with van der Waals surface area (Å²) < 4.78 is 33.9. The van der Waals surface area contributed by atoms with Gasteiger partial charge >= 0.3 is 0 Å². The lowest BCUT2D eigenvalue weighted by molar-refractivity contribution is -0.123. The Morgan fingerprint density at radius 3 is 2.55 bits per heavy atom. The minimum absolute atomic E-state index is 0.00134. The van der Waals surface area contributed by atoms with E-state index < -0.39 is 17.3 Å². The predicted octanol–water partition coefficient (Wildman–Crippen LogP) is 4.49. The molecule has 1 heterocycles. The van der Waals surface area contributed by atoms with Gasteiger partial charge in [-0.05, 0) is 82.1 Å². The highest BCUT2D eigenvalue weighted by atomic mass is 19.3. The Morgan fingerprint density at radius 2 is 2.03 bits per heavy atom. The van der Waals surface area contributed by atoms with Crippen LogP contribution in [0.3, 0.4) is 0 Å². The summed E-state index contributed by atoms with van der Waals surface area (Å²) in [4.78, 5) is 14.8. The quantitative estimate of drug-likeness (QED) is 0.578. The number of aryl methyl sites for hydroxylation is 1. The van der Waals surface area contributed by atoms with Gasteiger partial charge in [0, 0.05) is 30.3 Å². The first-order valence-corrected chi connectivity index (χ1v) is 10.6. The number of furan rings is 1. The second-order valence-corrected chi connectivity index (χ2v) is 9.09. The maximum absolute atomic E-state index is 14.4. The molecule has 170 valence electrons. The van der Waals surface area contributed by atoms with Crippen LogP contribution in [0, 0.1) is 12.3 Å². The summed E-state index contributed by atoms with van der Waals surface area (Å²) in [6, 6.07) is 6.97. The van der Waals surface area contributed by atoms with Gasteiger partial charge in [0.2, 0.25) is 5.91 Å². The zero-order chi connectivity index (χ0) is 22.8. The zero-order valence-corrected chi connectivity index (χ0v) is 18.6. The molecule has 2 aromatic rings. The molecule has 1 aromatic carbocycles. The molecular weight excluding hydrogens is 402 g/mol. The van der Waals surface area contributed by atoms with Crippen molar-refractivity contribution in [3.8, 4) is 5.75 Å². The lowest BCUT2D eigenvalue weighted by Gasteiger charge is -2.31. The van der Waals surface area contributed by atoms with E-state index in [1.165, 1.54) is 12.5 Å². The molecule has 7 heteroatoms. The van der Waals surface area contributed by atoms with Crippen LogP contribution >= 0.6 is 0 Å². The molecule has 1 saturated carbocycles. The molecule has 1 aliphatic carbocycles. The molecule has 0 spiro atoms. The first kappa shape index (κ1) is 23.3. The molecule has 1 aliphatic rings. The zero-order valence-electron chi connectivity index (χ0n) is 18.6. The van der Waals surface area contributed by atoms with Gasteiger partial charge in [0.25, 0.3) is 5.92 Å².